The average molecular weight is 368 g/mol. The molecule has 0 bridgehead atoms. The fourth-order valence-corrected chi connectivity index (χ4v) is 2.69. The van der Waals surface area contributed by atoms with E-state index in [1.54, 1.807) is 36.4 Å². The van der Waals surface area contributed by atoms with Crippen LogP contribution in [0.2, 0.25) is 15.1 Å². The van der Waals surface area contributed by atoms with E-state index in [9.17, 15) is 9.59 Å². The highest BCUT2D eigenvalue weighted by atomic mass is 35.5. The minimum absolute atomic E-state index is 0.282. The molecule has 0 spiro atoms. The minimum Gasteiger partial charge on any atom is -0.287 e. The van der Waals surface area contributed by atoms with Crippen molar-refractivity contribution >= 4 is 57.9 Å². The lowest BCUT2D eigenvalue weighted by Gasteiger charge is -2.18. The second-order valence-corrected chi connectivity index (χ2v) is 6.06. The number of rotatable bonds is 3. The van der Waals surface area contributed by atoms with Gasteiger partial charge in [-0.05, 0) is 35.9 Å². The van der Waals surface area contributed by atoms with E-state index in [4.69, 9.17) is 34.8 Å². The lowest BCUT2D eigenvalue weighted by Crippen LogP contribution is -2.36. The molecule has 116 valence electrons. The maximum absolute atomic E-state index is 12.5. The Kier molecular flexibility index (Phi) is 4.31. The molecular weight excluding hydrogens is 359 g/mol. The molecule has 0 saturated carbocycles. The summed E-state index contributed by atoms with van der Waals surface area (Å²) in [4.78, 5) is 24.5. The summed E-state index contributed by atoms with van der Waals surface area (Å²) in [5, 5.41) is 2.21. The Morgan fingerprint density at radius 1 is 0.870 bits per heavy atom. The molecule has 1 aliphatic rings. The largest absolute Gasteiger partial charge is 0.287 e. The van der Waals surface area contributed by atoms with Crippen LogP contribution in [0.25, 0.3) is 5.57 Å². The lowest BCUT2D eigenvalue weighted by molar-refractivity contribution is -0.134. The van der Waals surface area contributed by atoms with Crippen LogP contribution in [0.15, 0.2) is 48.5 Å². The number of hydrogen-bond acceptors (Lipinski definition) is 3. The van der Waals surface area contributed by atoms with Crippen LogP contribution >= 0.6 is 34.8 Å². The number of carbonyl (C=O) groups excluding carboxylic acids is 2. The number of nitrogens with one attached hydrogen (secondary N) is 1. The number of nitrogens with zero attached hydrogens (tertiary/aromatic N) is 1. The van der Waals surface area contributed by atoms with Crippen LogP contribution in [0.1, 0.15) is 5.56 Å². The number of benzene rings is 2. The molecule has 2 aromatic rings. The normalized spacial score (nSPS) is 14.2. The monoisotopic (exact) mass is 366 g/mol. The van der Waals surface area contributed by atoms with Gasteiger partial charge in [0.05, 0.1) is 16.3 Å². The summed E-state index contributed by atoms with van der Waals surface area (Å²) in [6, 6.07) is 11.4. The van der Waals surface area contributed by atoms with Crippen LogP contribution in [0.4, 0.5) is 5.69 Å². The van der Waals surface area contributed by atoms with Gasteiger partial charge in [-0.15, -0.1) is 0 Å². The number of halogens is 3. The molecule has 0 unspecified atom stereocenters. The summed E-state index contributed by atoms with van der Waals surface area (Å²) < 4.78 is 0. The van der Waals surface area contributed by atoms with Gasteiger partial charge in [-0.3, -0.25) is 15.0 Å². The standard InChI is InChI=1S/C16H9Cl3N2O2/c17-10-3-1-9(2-4-10)12-8-15(22)21(16(12)23)20-14-6-5-11(18)7-13(14)19/h1-8,20H. The molecule has 0 atom stereocenters. The van der Waals surface area contributed by atoms with E-state index in [0.717, 1.165) is 5.01 Å². The zero-order valence-corrected chi connectivity index (χ0v) is 13.8. The summed E-state index contributed by atoms with van der Waals surface area (Å²) in [5.74, 6) is -0.950. The van der Waals surface area contributed by atoms with Gasteiger partial charge < -0.3 is 0 Å². The van der Waals surface area contributed by atoms with Crippen molar-refractivity contribution in [2.75, 3.05) is 5.43 Å². The van der Waals surface area contributed by atoms with Crippen LogP contribution in [0, 0.1) is 0 Å². The van der Waals surface area contributed by atoms with Crippen LogP contribution in [-0.2, 0) is 9.59 Å². The lowest BCUT2D eigenvalue weighted by atomic mass is 10.1. The molecule has 23 heavy (non-hydrogen) atoms. The fraction of sp³-hybridized carbons (Fsp3) is 0. The first-order valence-electron chi connectivity index (χ1n) is 6.53. The highest BCUT2D eigenvalue weighted by Crippen LogP contribution is 2.29. The minimum atomic E-state index is -0.481. The van der Waals surface area contributed by atoms with Gasteiger partial charge in [0.15, 0.2) is 0 Å². The fourth-order valence-electron chi connectivity index (χ4n) is 2.11. The Morgan fingerprint density at radius 3 is 2.17 bits per heavy atom. The number of anilines is 1. The molecule has 7 heteroatoms. The van der Waals surface area contributed by atoms with Crippen molar-refractivity contribution < 1.29 is 9.59 Å². The molecule has 0 aromatic heterocycles. The molecule has 0 radical (unpaired) electrons. The first kappa shape index (κ1) is 15.9. The summed E-state index contributed by atoms with van der Waals surface area (Å²) in [5.41, 5.74) is 4.01. The van der Waals surface area contributed by atoms with Crippen molar-refractivity contribution in [1.82, 2.24) is 5.01 Å². The van der Waals surface area contributed by atoms with Gasteiger partial charge in [0.1, 0.15) is 0 Å². The number of imide groups is 1. The number of hydrogen-bond donors (Lipinski definition) is 1. The highest BCUT2D eigenvalue weighted by Gasteiger charge is 2.32. The number of carbonyl (C=O) groups is 2. The van der Waals surface area contributed by atoms with E-state index in [1.165, 1.54) is 12.1 Å². The molecule has 2 aromatic carbocycles. The molecule has 1 heterocycles. The van der Waals surface area contributed by atoms with Crippen molar-refractivity contribution in [3.63, 3.8) is 0 Å². The maximum Gasteiger partial charge on any atom is 0.280 e. The van der Waals surface area contributed by atoms with Crippen molar-refractivity contribution in [2.24, 2.45) is 0 Å². The second kappa shape index (κ2) is 6.24. The van der Waals surface area contributed by atoms with E-state index in [-0.39, 0.29) is 5.57 Å². The summed E-state index contributed by atoms with van der Waals surface area (Å²) in [6.07, 6.45) is 1.27. The van der Waals surface area contributed by atoms with E-state index < -0.39 is 11.8 Å². The molecule has 0 aliphatic carbocycles. The first-order valence-corrected chi connectivity index (χ1v) is 7.67. The average Bonchev–Trinajstić information content (AvgIpc) is 2.78. The highest BCUT2D eigenvalue weighted by molar-refractivity contribution is 6.37. The van der Waals surface area contributed by atoms with Crippen LogP contribution in [0.5, 0.6) is 0 Å². The molecule has 0 saturated heterocycles. The topological polar surface area (TPSA) is 49.4 Å². The third kappa shape index (κ3) is 3.20. The maximum atomic E-state index is 12.5. The van der Waals surface area contributed by atoms with Gasteiger partial charge in [-0.2, -0.15) is 5.01 Å². The predicted molar refractivity (Wildman–Crippen MR) is 91.4 cm³/mol. The molecule has 1 aliphatic heterocycles. The number of hydrazine groups is 1. The van der Waals surface area contributed by atoms with Crippen molar-refractivity contribution in [3.05, 3.63) is 69.2 Å². The Labute approximate surface area is 147 Å². The van der Waals surface area contributed by atoms with Gasteiger partial charge in [0, 0.05) is 16.1 Å². The van der Waals surface area contributed by atoms with Crippen molar-refractivity contribution in [2.45, 2.75) is 0 Å². The van der Waals surface area contributed by atoms with E-state index in [0.29, 0.717) is 26.3 Å². The van der Waals surface area contributed by atoms with Gasteiger partial charge in [-0.1, -0.05) is 46.9 Å². The second-order valence-electron chi connectivity index (χ2n) is 4.78. The Morgan fingerprint density at radius 2 is 1.52 bits per heavy atom. The molecule has 3 rings (SSSR count). The van der Waals surface area contributed by atoms with E-state index >= 15 is 0 Å². The van der Waals surface area contributed by atoms with Gasteiger partial charge in [0.25, 0.3) is 11.8 Å². The molecule has 2 amide bonds. The Bertz CT molecular complexity index is 832. The first-order chi connectivity index (χ1) is 11.0. The van der Waals surface area contributed by atoms with Gasteiger partial charge in [-0.25, -0.2) is 0 Å². The van der Waals surface area contributed by atoms with Crippen molar-refractivity contribution in [1.29, 1.82) is 0 Å². The Hall–Kier alpha value is -2.01. The van der Waals surface area contributed by atoms with Gasteiger partial charge >= 0.3 is 0 Å². The zero-order valence-electron chi connectivity index (χ0n) is 11.5. The third-order valence-electron chi connectivity index (χ3n) is 3.24. The summed E-state index contributed by atoms with van der Waals surface area (Å²) >= 11 is 17.7. The molecule has 0 fully saturated rings. The van der Waals surface area contributed by atoms with Crippen LogP contribution < -0.4 is 5.43 Å². The number of amides is 2. The van der Waals surface area contributed by atoms with Crippen LogP contribution in [0.3, 0.4) is 0 Å². The smallest absolute Gasteiger partial charge is 0.280 e. The summed E-state index contributed by atoms with van der Waals surface area (Å²) in [7, 11) is 0. The summed E-state index contributed by atoms with van der Waals surface area (Å²) in [6.45, 7) is 0. The zero-order chi connectivity index (χ0) is 16.6. The SMILES string of the molecule is O=C1C=C(c2ccc(Cl)cc2)C(=O)N1Nc1ccc(Cl)cc1Cl. The van der Waals surface area contributed by atoms with Crippen LogP contribution in [-0.4, -0.2) is 16.8 Å². The third-order valence-corrected chi connectivity index (χ3v) is 4.04. The quantitative estimate of drug-likeness (QED) is 0.817. The molecular formula is C16H9Cl3N2O2. The molecule has 1 N–H and O–H groups in total. The molecule has 4 nitrogen and oxygen atoms in total. The van der Waals surface area contributed by atoms with Gasteiger partial charge in [0.2, 0.25) is 0 Å². The van der Waals surface area contributed by atoms with Crippen molar-refractivity contribution in [3.8, 4) is 0 Å². The van der Waals surface area contributed by atoms with E-state index in [2.05, 4.69) is 5.43 Å². The Balaban J connectivity index is 1.85. The van der Waals surface area contributed by atoms with E-state index in [1.807, 2.05) is 0 Å². The predicted octanol–water partition coefficient (Wildman–Crippen LogP) is 4.43.